The third kappa shape index (κ3) is 4.72. The maximum Gasteiger partial charge on any atom is 0.338 e. The second kappa shape index (κ2) is 7.89. The van der Waals surface area contributed by atoms with Crippen molar-refractivity contribution in [2.75, 3.05) is 6.61 Å². The fourth-order valence-electron chi connectivity index (χ4n) is 3.15. The Bertz CT molecular complexity index is 972. The van der Waals surface area contributed by atoms with Crippen molar-refractivity contribution in [1.29, 1.82) is 0 Å². The molecule has 0 aromatic heterocycles. The number of hydrogen-bond acceptors (Lipinski definition) is 5. The van der Waals surface area contributed by atoms with Gasteiger partial charge in [-0.05, 0) is 48.6 Å². The first-order valence-corrected chi connectivity index (χ1v) is 10.1. The third-order valence-electron chi connectivity index (χ3n) is 4.44. The fourth-order valence-corrected chi connectivity index (χ4v) is 3.71. The van der Waals surface area contributed by atoms with Crippen molar-refractivity contribution in [3.8, 4) is 0 Å². The fraction of sp³-hybridized carbons (Fsp3) is 0.263. The number of hydrogen-bond donors (Lipinski definition) is 2. The topological polar surface area (TPSA) is 116 Å². The predicted octanol–water partition coefficient (Wildman–Crippen LogP) is 1.68. The van der Waals surface area contributed by atoms with Gasteiger partial charge in [0.1, 0.15) is 0 Å². The number of amides is 1. The summed E-state index contributed by atoms with van der Waals surface area (Å²) in [6.45, 7) is -0.447. The van der Waals surface area contributed by atoms with E-state index < -0.39 is 28.5 Å². The molecule has 0 unspecified atom stereocenters. The number of fused-ring (bicyclic) bond motifs is 1. The molecule has 1 atom stereocenters. The molecule has 2 aromatic rings. The number of nitrogens with one attached hydrogen (secondary N) is 1. The number of carbonyl (C=O) groups excluding carboxylic acids is 2. The van der Waals surface area contributed by atoms with Crippen LogP contribution in [-0.2, 0) is 26.0 Å². The molecular weight excluding hydrogens is 368 g/mol. The molecule has 2 aromatic carbocycles. The Morgan fingerprint density at radius 1 is 1.15 bits per heavy atom. The van der Waals surface area contributed by atoms with Gasteiger partial charge in [0.05, 0.1) is 16.5 Å². The Morgan fingerprint density at radius 3 is 2.70 bits per heavy atom. The van der Waals surface area contributed by atoms with E-state index in [9.17, 15) is 18.0 Å². The van der Waals surface area contributed by atoms with Crippen LogP contribution >= 0.6 is 0 Å². The molecular formula is C19H20N2O5S. The van der Waals surface area contributed by atoms with Crippen LogP contribution in [-0.4, -0.2) is 26.9 Å². The largest absolute Gasteiger partial charge is 0.452 e. The van der Waals surface area contributed by atoms with E-state index in [4.69, 9.17) is 9.88 Å². The minimum Gasteiger partial charge on any atom is -0.452 e. The molecule has 0 fully saturated rings. The van der Waals surface area contributed by atoms with Crippen LogP contribution in [0.3, 0.4) is 0 Å². The van der Waals surface area contributed by atoms with Gasteiger partial charge in [-0.25, -0.2) is 18.4 Å². The molecule has 0 saturated carbocycles. The van der Waals surface area contributed by atoms with Crippen LogP contribution in [0, 0.1) is 0 Å². The molecule has 0 radical (unpaired) electrons. The Hall–Kier alpha value is -2.71. The summed E-state index contributed by atoms with van der Waals surface area (Å²) in [5.41, 5.74) is 2.31. The molecule has 1 aliphatic rings. The Balaban J connectivity index is 1.59. The van der Waals surface area contributed by atoms with Gasteiger partial charge in [-0.3, -0.25) is 4.79 Å². The van der Waals surface area contributed by atoms with Crippen molar-refractivity contribution in [2.24, 2.45) is 5.14 Å². The van der Waals surface area contributed by atoms with Gasteiger partial charge < -0.3 is 10.1 Å². The molecule has 3 N–H and O–H groups in total. The zero-order valence-corrected chi connectivity index (χ0v) is 15.4. The van der Waals surface area contributed by atoms with Crippen LogP contribution in [0.25, 0.3) is 0 Å². The molecule has 1 amide bonds. The Kier molecular flexibility index (Phi) is 5.57. The number of primary sulfonamides is 1. The highest BCUT2D eigenvalue weighted by molar-refractivity contribution is 7.89. The second-order valence-corrected chi connectivity index (χ2v) is 7.92. The lowest BCUT2D eigenvalue weighted by Crippen LogP contribution is -2.34. The number of carbonyl (C=O) groups is 2. The highest BCUT2D eigenvalue weighted by Gasteiger charge is 2.22. The quantitative estimate of drug-likeness (QED) is 0.756. The average molecular weight is 388 g/mol. The van der Waals surface area contributed by atoms with E-state index >= 15 is 0 Å². The summed E-state index contributed by atoms with van der Waals surface area (Å²) in [5.74, 6) is -1.20. The van der Waals surface area contributed by atoms with Crippen molar-refractivity contribution in [1.82, 2.24) is 5.32 Å². The second-order valence-electron chi connectivity index (χ2n) is 6.36. The van der Waals surface area contributed by atoms with E-state index in [0.717, 1.165) is 30.9 Å². The average Bonchev–Trinajstić information content (AvgIpc) is 2.66. The van der Waals surface area contributed by atoms with Gasteiger partial charge in [-0.15, -0.1) is 0 Å². The van der Waals surface area contributed by atoms with Crippen molar-refractivity contribution >= 4 is 21.9 Å². The standard InChI is InChI=1S/C19H20N2O5S/c20-27(24,25)15-8-3-7-14(11-15)19(23)26-12-18(22)21-17-10-4-6-13-5-1-2-9-16(13)17/h1-3,5,7-9,11,17H,4,6,10,12H2,(H,21,22)(H2,20,24,25)/t17-/m1/s1. The predicted molar refractivity (Wildman–Crippen MR) is 98.4 cm³/mol. The smallest absolute Gasteiger partial charge is 0.338 e. The number of esters is 1. The summed E-state index contributed by atoms with van der Waals surface area (Å²) in [7, 11) is -3.92. The lowest BCUT2D eigenvalue weighted by atomic mass is 9.88. The van der Waals surface area contributed by atoms with Gasteiger partial charge in [0.15, 0.2) is 6.61 Å². The molecule has 0 spiro atoms. The highest BCUT2D eigenvalue weighted by Crippen LogP contribution is 2.29. The van der Waals surface area contributed by atoms with E-state index in [1.807, 2.05) is 24.3 Å². The van der Waals surface area contributed by atoms with E-state index in [1.54, 1.807) is 0 Å². The first-order chi connectivity index (χ1) is 12.8. The van der Waals surface area contributed by atoms with Crippen molar-refractivity contribution < 1.29 is 22.7 Å². The minimum absolute atomic E-state index is 0.0114. The minimum atomic E-state index is -3.92. The van der Waals surface area contributed by atoms with Crippen LogP contribution in [0.15, 0.2) is 53.4 Å². The molecule has 0 heterocycles. The number of benzene rings is 2. The van der Waals surface area contributed by atoms with E-state index in [-0.39, 0.29) is 16.5 Å². The zero-order valence-electron chi connectivity index (χ0n) is 14.6. The Labute approximate surface area is 157 Å². The first-order valence-electron chi connectivity index (χ1n) is 8.52. The monoisotopic (exact) mass is 388 g/mol. The van der Waals surface area contributed by atoms with Crippen LogP contribution in [0.2, 0.25) is 0 Å². The number of ether oxygens (including phenoxy) is 1. The summed E-state index contributed by atoms with van der Waals surface area (Å²) in [4.78, 5) is 24.1. The lowest BCUT2D eigenvalue weighted by molar-refractivity contribution is -0.125. The normalized spacial score (nSPS) is 16.3. The van der Waals surface area contributed by atoms with Gasteiger partial charge in [-0.1, -0.05) is 30.3 Å². The summed E-state index contributed by atoms with van der Waals surface area (Å²) in [6.07, 6.45) is 2.78. The highest BCUT2D eigenvalue weighted by atomic mass is 32.2. The number of rotatable bonds is 5. The molecule has 8 heteroatoms. The van der Waals surface area contributed by atoms with Gasteiger partial charge in [0.2, 0.25) is 10.0 Å². The molecule has 142 valence electrons. The summed E-state index contributed by atoms with van der Waals surface area (Å²) in [6, 6.07) is 13.0. The molecule has 0 saturated heterocycles. The molecule has 0 aliphatic heterocycles. The summed E-state index contributed by atoms with van der Waals surface area (Å²) < 4.78 is 27.7. The van der Waals surface area contributed by atoms with Crippen LogP contribution in [0.1, 0.15) is 40.4 Å². The van der Waals surface area contributed by atoms with E-state index in [1.165, 1.54) is 23.8 Å². The number of sulfonamides is 1. The van der Waals surface area contributed by atoms with E-state index in [0.29, 0.717) is 0 Å². The first kappa shape index (κ1) is 19.1. The zero-order chi connectivity index (χ0) is 19.4. The maximum absolute atomic E-state index is 12.2. The van der Waals surface area contributed by atoms with Crippen molar-refractivity contribution in [3.05, 3.63) is 65.2 Å². The molecule has 0 bridgehead atoms. The lowest BCUT2D eigenvalue weighted by Gasteiger charge is -2.26. The molecule has 7 nitrogen and oxygen atoms in total. The van der Waals surface area contributed by atoms with Gasteiger partial charge in [0.25, 0.3) is 5.91 Å². The SMILES string of the molecule is NS(=O)(=O)c1cccc(C(=O)OCC(=O)N[C@@H]2CCCc3ccccc32)c1. The van der Waals surface area contributed by atoms with Crippen LogP contribution < -0.4 is 10.5 Å². The summed E-state index contributed by atoms with van der Waals surface area (Å²) >= 11 is 0. The molecule has 1 aliphatic carbocycles. The van der Waals surface area contributed by atoms with E-state index in [2.05, 4.69) is 5.32 Å². The third-order valence-corrected chi connectivity index (χ3v) is 5.35. The van der Waals surface area contributed by atoms with Gasteiger partial charge in [-0.2, -0.15) is 0 Å². The summed E-state index contributed by atoms with van der Waals surface area (Å²) in [5, 5.41) is 7.93. The molecule has 3 rings (SSSR count). The number of nitrogens with two attached hydrogens (primary N) is 1. The Morgan fingerprint density at radius 2 is 1.93 bits per heavy atom. The van der Waals surface area contributed by atoms with Crippen LogP contribution in [0.4, 0.5) is 0 Å². The number of aryl methyl sites for hydroxylation is 1. The van der Waals surface area contributed by atoms with Crippen molar-refractivity contribution in [2.45, 2.75) is 30.2 Å². The van der Waals surface area contributed by atoms with Gasteiger partial charge >= 0.3 is 5.97 Å². The molecule has 27 heavy (non-hydrogen) atoms. The van der Waals surface area contributed by atoms with Crippen LogP contribution in [0.5, 0.6) is 0 Å². The maximum atomic E-state index is 12.2. The van der Waals surface area contributed by atoms with Gasteiger partial charge in [0, 0.05) is 0 Å². The van der Waals surface area contributed by atoms with Crippen molar-refractivity contribution in [3.63, 3.8) is 0 Å².